The minimum atomic E-state index is -3.38. The van der Waals surface area contributed by atoms with Gasteiger partial charge in [-0.25, -0.2) is 9.52 Å². The Morgan fingerprint density at radius 1 is 1.25 bits per heavy atom. The van der Waals surface area contributed by atoms with Gasteiger partial charge in [-0.2, -0.15) is 0 Å². The number of nitrogens with zero attached hydrogens (tertiary/aromatic N) is 1. The number of anilines is 2. The van der Waals surface area contributed by atoms with Gasteiger partial charge >= 0.3 is 5.97 Å². The zero-order valence-corrected chi connectivity index (χ0v) is 20.3. The lowest BCUT2D eigenvalue weighted by Gasteiger charge is -2.42. The molecule has 0 aromatic heterocycles. The second kappa shape index (κ2) is 10.4. The maximum absolute atomic E-state index is 11.3. The molecule has 0 saturated carbocycles. The monoisotopic (exact) mass is 480 g/mol. The Bertz CT molecular complexity index is 941. The fourth-order valence-electron chi connectivity index (χ4n) is 4.00. The number of benzene rings is 2. The van der Waals surface area contributed by atoms with E-state index in [2.05, 4.69) is 23.5 Å². The maximum Gasteiger partial charge on any atom is 0.341 e. The van der Waals surface area contributed by atoms with Crippen LogP contribution in [0.3, 0.4) is 0 Å². The Kier molecular flexibility index (Phi) is 8.00. The van der Waals surface area contributed by atoms with Crippen molar-refractivity contribution in [2.45, 2.75) is 54.9 Å². The van der Waals surface area contributed by atoms with E-state index in [-0.39, 0.29) is 0 Å². The maximum atomic E-state index is 11.3. The predicted molar refractivity (Wildman–Crippen MR) is 132 cm³/mol. The van der Waals surface area contributed by atoms with Crippen LogP contribution in [-0.2, 0) is 4.79 Å². The molecule has 1 aliphatic rings. The van der Waals surface area contributed by atoms with Gasteiger partial charge in [0.2, 0.25) is 0 Å². The summed E-state index contributed by atoms with van der Waals surface area (Å²) in [7, 11) is -3.38. The highest BCUT2D eigenvalue weighted by atomic mass is 32.3. The number of para-hydroxylation sites is 1. The molecule has 2 aromatic rings. The summed E-state index contributed by atoms with van der Waals surface area (Å²) in [6.45, 7) is 4.25. The van der Waals surface area contributed by atoms with E-state index in [1.807, 2.05) is 42.7 Å². The molecule has 3 rings (SSSR count). The van der Waals surface area contributed by atoms with Crippen LogP contribution in [0, 0.1) is 0 Å². The number of fused-ring (bicyclic) bond motifs is 1. The third kappa shape index (κ3) is 5.35. The van der Waals surface area contributed by atoms with Crippen molar-refractivity contribution in [3.63, 3.8) is 0 Å². The number of aliphatic carboxylic acids is 1. The first-order chi connectivity index (χ1) is 15.2. The van der Waals surface area contributed by atoms with Crippen molar-refractivity contribution >= 4 is 39.9 Å². The van der Waals surface area contributed by atoms with E-state index in [0.29, 0.717) is 22.9 Å². The van der Waals surface area contributed by atoms with Gasteiger partial charge in [0.15, 0.2) is 6.61 Å². The van der Waals surface area contributed by atoms with Gasteiger partial charge in [0.1, 0.15) is 10.6 Å². The molecule has 32 heavy (non-hydrogen) atoms. The topological polar surface area (TPSA) is 102 Å². The Morgan fingerprint density at radius 3 is 2.56 bits per heavy atom. The lowest BCUT2D eigenvalue weighted by molar-refractivity contribution is -0.139. The smallest absolute Gasteiger partial charge is 0.341 e. The second-order valence-corrected chi connectivity index (χ2v) is 10.6. The second-order valence-electron chi connectivity index (χ2n) is 7.96. The average molecular weight is 481 g/mol. The number of hydrogen-bond acceptors (Lipinski definition) is 7. The van der Waals surface area contributed by atoms with E-state index >= 15 is 0 Å². The van der Waals surface area contributed by atoms with Crippen molar-refractivity contribution in [3.8, 4) is 5.75 Å². The van der Waals surface area contributed by atoms with E-state index in [1.165, 1.54) is 11.8 Å². The minimum Gasteiger partial charge on any atom is -0.481 e. The van der Waals surface area contributed by atoms with Crippen LogP contribution in [0.25, 0.3) is 0 Å². The lowest BCUT2D eigenvalue weighted by atomic mass is 9.89. The third-order valence-corrected chi connectivity index (χ3v) is 8.18. The fourth-order valence-corrected chi connectivity index (χ4v) is 6.31. The first-order valence-electron chi connectivity index (χ1n) is 10.7. The summed E-state index contributed by atoms with van der Waals surface area (Å²) >= 11 is 1.42. The van der Waals surface area contributed by atoms with Crippen LogP contribution in [0.15, 0.2) is 52.3 Å². The van der Waals surface area contributed by atoms with Gasteiger partial charge in [-0.3, -0.25) is 9.11 Å². The van der Waals surface area contributed by atoms with Crippen molar-refractivity contribution < 1.29 is 23.7 Å². The molecule has 7 nitrogen and oxygen atoms in total. The zero-order chi connectivity index (χ0) is 23.4. The van der Waals surface area contributed by atoms with Gasteiger partial charge in [-0.15, -0.1) is 22.5 Å². The molecule has 0 unspecified atom stereocenters. The number of nitrogens with one attached hydrogen (secondary N) is 1. The molecule has 176 valence electrons. The third-order valence-electron chi connectivity index (χ3n) is 5.77. The number of carboxylic acids is 1. The molecule has 9 heteroatoms. The molecule has 2 aromatic carbocycles. The number of rotatable bonds is 9. The zero-order valence-electron chi connectivity index (χ0n) is 18.7. The molecule has 1 atom stereocenters. The van der Waals surface area contributed by atoms with Crippen molar-refractivity contribution in [3.05, 3.63) is 42.5 Å². The van der Waals surface area contributed by atoms with Gasteiger partial charge in [0.05, 0.1) is 16.1 Å². The number of ether oxygens (including phenoxy) is 1. The van der Waals surface area contributed by atoms with Crippen LogP contribution >= 0.6 is 22.5 Å². The van der Waals surface area contributed by atoms with Crippen LogP contribution in [-0.4, -0.2) is 45.1 Å². The van der Waals surface area contributed by atoms with E-state index in [0.717, 1.165) is 36.3 Å². The van der Waals surface area contributed by atoms with E-state index < -0.39 is 28.9 Å². The normalized spacial score (nSPS) is 20.8. The lowest BCUT2D eigenvalue weighted by Crippen LogP contribution is -2.51. The van der Waals surface area contributed by atoms with Crippen LogP contribution in [0.4, 0.5) is 11.4 Å². The molecule has 0 aliphatic carbocycles. The molecule has 0 fully saturated rings. The van der Waals surface area contributed by atoms with Gasteiger partial charge in [0.25, 0.3) is 0 Å². The molecule has 1 heterocycles. The summed E-state index contributed by atoms with van der Waals surface area (Å²) in [5, 5.41) is 9.05. The average Bonchev–Trinajstić information content (AvgIpc) is 2.88. The minimum absolute atomic E-state index is 0.311. The van der Waals surface area contributed by atoms with Crippen LogP contribution < -0.4 is 14.4 Å². The van der Waals surface area contributed by atoms with Crippen LogP contribution in [0.5, 0.6) is 5.75 Å². The van der Waals surface area contributed by atoms with Gasteiger partial charge in [-0.05, 0) is 37.3 Å². The summed E-state index contributed by atoms with van der Waals surface area (Å²) in [6.07, 6.45) is 5.36. The molecule has 0 radical (unpaired) electrons. The summed E-state index contributed by atoms with van der Waals surface area (Å²) in [5.74, 6) is -0.766. The standard InChI is InChI=1S/C23H32N2O5S2/c1-4-6-12-23(5-2)16-25(17-10-8-7-9-11-17)18-13-20(31-3)19(30-15-22(26)27)14-21(18)32(28,29)24-23/h7-11,13-14,24,28-29H,4-6,12,15-16H2,1-3H3,(H,26,27)/t23-/m0/s1. The molecule has 0 amide bonds. The van der Waals surface area contributed by atoms with E-state index in [1.54, 1.807) is 6.07 Å². The molecular weight excluding hydrogens is 448 g/mol. The molecule has 0 bridgehead atoms. The summed E-state index contributed by atoms with van der Waals surface area (Å²) in [5.41, 5.74) is 1.13. The number of hydrogen-bond donors (Lipinski definition) is 4. The van der Waals surface area contributed by atoms with E-state index in [4.69, 9.17) is 9.84 Å². The Morgan fingerprint density at radius 2 is 1.97 bits per heavy atom. The Balaban J connectivity index is 2.21. The Hall–Kier alpha value is -1.91. The van der Waals surface area contributed by atoms with Crippen molar-refractivity contribution in [2.24, 2.45) is 0 Å². The first kappa shape index (κ1) is 24.7. The number of carbonyl (C=O) groups is 1. The number of carboxylic acid groups (broad SMARTS) is 1. The van der Waals surface area contributed by atoms with Crippen LogP contribution in [0.1, 0.15) is 39.5 Å². The highest BCUT2D eigenvalue weighted by Gasteiger charge is 2.41. The van der Waals surface area contributed by atoms with Crippen molar-refractivity contribution in [1.82, 2.24) is 4.72 Å². The molecular formula is C23H32N2O5S2. The molecule has 0 spiro atoms. The highest BCUT2D eigenvalue weighted by molar-refractivity contribution is 8.22. The molecule has 4 N–H and O–H groups in total. The van der Waals surface area contributed by atoms with Crippen molar-refractivity contribution in [2.75, 3.05) is 24.3 Å². The molecule has 1 aliphatic heterocycles. The Labute approximate surface area is 195 Å². The van der Waals surface area contributed by atoms with E-state index in [9.17, 15) is 13.9 Å². The molecule has 0 saturated heterocycles. The summed E-state index contributed by atoms with van der Waals surface area (Å²) in [4.78, 5) is 14.2. The van der Waals surface area contributed by atoms with Gasteiger partial charge in [-0.1, -0.05) is 44.9 Å². The quantitative estimate of drug-likeness (QED) is 0.325. The van der Waals surface area contributed by atoms with Gasteiger partial charge in [0, 0.05) is 18.3 Å². The fraction of sp³-hybridized carbons (Fsp3) is 0.435. The first-order valence-corrected chi connectivity index (χ1v) is 13.5. The van der Waals surface area contributed by atoms with Crippen molar-refractivity contribution in [1.29, 1.82) is 0 Å². The summed E-state index contributed by atoms with van der Waals surface area (Å²) < 4.78 is 31.4. The highest BCUT2D eigenvalue weighted by Crippen LogP contribution is 2.57. The number of thioether (sulfide) groups is 1. The largest absolute Gasteiger partial charge is 0.481 e. The predicted octanol–water partition coefficient (Wildman–Crippen LogP) is 5.98. The number of unbranched alkanes of at least 4 members (excludes halogenated alkanes) is 1. The van der Waals surface area contributed by atoms with Gasteiger partial charge < -0.3 is 14.7 Å². The SMILES string of the molecule is CCCC[C@@]1(CC)CN(c2ccccc2)c2cc(SC)c(OCC(=O)O)cc2S(O)(O)N1. The van der Waals surface area contributed by atoms with Crippen LogP contribution in [0.2, 0.25) is 0 Å². The summed E-state index contributed by atoms with van der Waals surface area (Å²) in [6, 6.07) is 13.3.